The van der Waals surface area contributed by atoms with Crippen LogP contribution >= 0.6 is 0 Å². The third-order valence-corrected chi connectivity index (χ3v) is 0. The van der Waals surface area contributed by atoms with Crippen LogP contribution < -0.4 is 14.0 Å². The molecule has 0 rings (SSSR count). The minimum absolute atomic E-state index is 0. The summed E-state index contributed by atoms with van der Waals surface area (Å²) in [5.74, 6) is 0. The molecular formula is H2ClO4Zn+. The molecule has 0 amide bonds. The fourth-order valence-corrected chi connectivity index (χ4v) is 0. The fourth-order valence-electron chi connectivity index (χ4n) is 0. The molecule has 0 atom stereocenters. The Morgan fingerprint density at radius 3 is 1.00 bits per heavy atom. The molecule has 2 N–H and O–H groups in total. The molecule has 0 spiro atoms. The van der Waals surface area contributed by atoms with Crippen molar-refractivity contribution < 1.29 is 49.7 Å². The summed E-state index contributed by atoms with van der Waals surface area (Å²) in [7, 11) is -2.85. The van der Waals surface area contributed by atoms with Gasteiger partial charge in [0.15, 0.2) is 0 Å². The average Bonchev–Trinajstić information content (AvgIpc) is 0.811. The average molecular weight is 167 g/mol. The van der Waals surface area contributed by atoms with Crippen molar-refractivity contribution >= 4 is 0 Å². The van der Waals surface area contributed by atoms with Crippen molar-refractivity contribution in [3.05, 3.63) is 0 Å². The van der Waals surface area contributed by atoms with Crippen molar-refractivity contribution in [2.45, 2.75) is 0 Å². The van der Waals surface area contributed by atoms with Gasteiger partial charge in [-0.3, -0.25) is 0 Å². The smallest absolute Gasteiger partial charge is 0.412 e. The van der Waals surface area contributed by atoms with Crippen LogP contribution in [0.25, 0.3) is 0 Å². The van der Waals surface area contributed by atoms with Crippen LogP contribution in [0.15, 0.2) is 0 Å². The van der Waals surface area contributed by atoms with Crippen LogP contribution in [-0.2, 0) is 19.5 Å². The Kier molecular flexibility index (Phi) is 24.4. The summed E-state index contributed by atoms with van der Waals surface area (Å²) in [6.07, 6.45) is 0. The topological polar surface area (TPSA) is 101 Å². The predicted octanol–water partition coefficient (Wildman–Crippen LogP) is -4.39. The molecule has 0 aliphatic carbocycles. The second-order valence-electron chi connectivity index (χ2n) is 0.189. The molecule has 34 valence electrons. The first-order chi connectivity index (χ1) is 1.73. The van der Waals surface area contributed by atoms with Gasteiger partial charge in [-0.1, -0.05) is 0 Å². The predicted molar refractivity (Wildman–Crippen MR) is 3.61 cm³/mol. The van der Waals surface area contributed by atoms with Gasteiger partial charge in [0.2, 0.25) is 0 Å². The van der Waals surface area contributed by atoms with Gasteiger partial charge in [0, 0.05) is 0 Å². The van der Waals surface area contributed by atoms with Crippen molar-refractivity contribution in [3.8, 4) is 0 Å². The van der Waals surface area contributed by atoms with E-state index in [1.807, 2.05) is 0 Å². The largest absolute Gasteiger partial charge is 2.00 e. The standard InChI is InChI=1S/ClO3.H2O.Zn/c2-1(3)4;;/h;1H2;/q-1;;+2. The second kappa shape index (κ2) is 9.23. The van der Waals surface area contributed by atoms with Gasteiger partial charge in [0.25, 0.3) is 0 Å². The zero-order valence-electron chi connectivity index (χ0n) is 2.81. The van der Waals surface area contributed by atoms with E-state index in [0.717, 1.165) is 0 Å². The van der Waals surface area contributed by atoms with Crippen molar-refractivity contribution in [3.63, 3.8) is 0 Å². The second-order valence-corrected chi connectivity index (χ2v) is 0.567. The Morgan fingerprint density at radius 2 is 1.00 bits per heavy atom. The molecule has 4 nitrogen and oxygen atoms in total. The molecule has 0 saturated carbocycles. The minimum Gasteiger partial charge on any atom is -0.412 e. The molecule has 0 fully saturated rings. The molecule has 0 radical (unpaired) electrons. The zero-order chi connectivity index (χ0) is 3.58. The Morgan fingerprint density at radius 1 is 1.00 bits per heavy atom. The summed E-state index contributed by atoms with van der Waals surface area (Å²) >= 11 is 0. The van der Waals surface area contributed by atoms with Crippen LogP contribution in [0.3, 0.4) is 0 Å². The van der Waals surface area contributed by atoms with Crippen LogP contribution in [0.5, 0.6) is 0 Å². The number of hydrogen-bond donors (Lipinski definition) is 0. The molecule has 6 heteroatoms. The molecule has 0 aromatic rings. The van der Waals surface area contributed by atoms with Gasteiger partial charge in [-0.2, -0.15) is 0 Å². The zero-order valence-corrected chi connectivity index (χ0v) is 6.53. The van der Waals surface area contributed by atoms with Gasteiger partial charge < -0.3 is 19.5 Å². The minimum atomic E-state index is -2.85. The molecule has 0 unspecified atom stereocenters. The van der Waals surface area contributed by atoms with E-state index >= 15 is 0 Å². The monoisotopic (exact) mass is 165 g/mol. The van der Waals surface area contributed by atoms with E-state index in [2.05, 4.69) is 0 Å². The summed E-state index contributed by atoms with van der Waals surface area (Å²) in [6.45, 7) is 0. The molecule has 0 saturated heterocycles. The maximum Gasteiger partial charge on any atom is 2.00 e. The Labute approximate surface area is 50.3 Å². The summed E-state index contributed by atoms with van der Waals surface area (Å²) < 4.78 is 25.2. The van der Waals surface area contributed by atoms with Crippen LogP contribution in [0.1, 0.15) is 0 Å². The number of halogens is 1. The number of rotatable bonds is 0. The Hall–Kier alpha value is 0.753. The van der Waals surface area contributed by atoms with Crippen molar-refractivity contribution in [2.24, 2.45) is 0 Å². The summed E-state index contributed by atoms with van der Waals surface area (Å²) in [5.41, 5.74) is 0. The van der Waals surface area contributed by atoms with Crippen molar-refractivity contribution in [1.82, 2.24) is 0 Å². The maximum atomic E-state index is 8.41. The Bertz CT molecular complexity index is 12.3. The first kappa shape index (κ1) is 15.9. The van der Waals surface area contributed by atoms with Crippen LogP contribution in [-0.4, -0.2) is 5.48 Å². The molecule has 6 heavy (non-hydrogen) atoms. The molecule has 0 aromatic carbocycles. The SMILES string of the molecule is O.[O-][Cl+2]([O-])[O-].[Zn+2]. The van der Waals surface area contributed by atoms with Gasteiger partial charge >= 0.3 is 19.5 Å². The van der Waals surface area contributed by atoms with Gasteiger partial charge in [-0.25, -0.2) is 0 Å². The maximum absolute atomic E-state index is 8.41. The van der Waals surface area contributed by atoms with E-state index in [1.54, 1.807) is 0 Å². The van der Waals surface area contributed by atoms with Gasteiger partial charge in [-0.15, -0.1) is 0 Å². The molecule has 0 aromatic heterocycles. The first-order valence-corrected chi connectivity index (χ1v) is 1.39. The van der Waals surface area contributed by atoms with Gasteiger partial charge in [0.1, 0.15) is 0 Å². The van der Waals surface area contributed by atoms with Crippen molar-refractivity contribution in [1.29, 1.82) is 0 Å². The van der Waals surface area contributed by atoms with E-state index in [1.165, 1.54) is 0 Å². The molecule has 0 bridgehead atoms. The third-order valence-electron chi connectivity index (χ3n) is 0. The van der Waals surface area contributed by atoms with Crippen molar-refractivity contribution in [2.75, 3.05) is 0 Å². The number of hydrogen-bond acceptors (Lipinski definition) is 3. The summed E-state index contributed by atoms with van der Waals surface area (Å²) in [6, 6.07) is 0. The van der Waals surface area contributed by atoms with E-state index in [9.17, 15) is 0 Å². The summed E-state index contributed by atoms with van der Waals surface area (Å²) in [5, 5.41) is 0. The van der Waals surface area contributed by atoms with Crippen LogP contribution in [0.4, 0.5) is 0 Å². The van der Waals surface area contributed by atoms with E-state index in [0.29, 0.717) is 0 Å². The van der Waals surface area contributed by atoms with Gasteiger partial charge in [-0.05, 0) is 0 Å². The molecular weight excluding hydrogens is 165 g/mol. The van der Waals surface area contributed by atoms with E-state index < -0.39 is 10.8 Å². The fraction of sp³-hybridized carbons (Fsp3) is 0. The summed E-state index contributed by atoms with van der Waals surface area (Å²) in [4.78, 5) is 0. The molecule has 0 heterocycles. The quantitative estimate of drug-likeness (QED) is 0.340. The molecule has 0 aliphatic heterocycles. The van der Waals surface area contributed by atoms with Crippen LogP contribution in [0.2, 0.25) is 0 Å². The van der Waals surface area contributed by atoms with E-state index in [-0.39, 0.29) is 25.0 Å². The van der Waals surface area contributed by atoms with Crippen LogP contribution in [0, 0.1) is 10.8 Å². The van der Waals surface area contributed by atoms with Gasteiger partial charge in [0.05, 0.1) is 10.8 Å². The normalized spacial score (nSPS) is 6.00. The first-order valence-electron chi connectivity index (χ1n) is 0.463. The molecule has 0 aliphatic rings. The van der Waals surface area contributed by atoms with E-state index in [4.69, 9.17) is 14.0 Å². The third kappa shape index (κ3) is 118. The Balaban J connectivity index is -0.0000000450.